The van der Waals surface area contributed by atoms with Crippen molar-refractivity contribution in [2.75, 3.05) is 6.54 Å². The maximum atomic E-state index is 12.5. The molecule has 130 valence electrons. The molecule has 3 rings (SSSR count). The first-order chi connectivity index (χ1) is 11.7. The predicted octanol–water partition coefficient (Wildman–Crippen LogP) is 3.36. The van der Waals surface area contributed by atoms with Gasteiger partial charge in [0, 0.05) is 42.7 Å². The molecule has 0 bridgehead atoms. The molecule has 2 aliphatic heterocycles. The van der Waals surface area contributed by atoms with Gasteiger partial charge in [0.1, 0.15) is 12.5 Å². The van der Waals surface area contributed by atoms with Crippen molar-refractivity contribution < 1.29 is 14.3 Å². The first kappa shape index (κ1) is 16.8. The van der Waals surface area contributed by atoms with E-state index in [1.807, 2.05) is 18.3 Å². The van der Waals surface area contributed by atoms with Gasteiger partial charge in [0.05, 0.1) is 0 Å². The van der Waals surface area contributed by atoms with E-state index in [9.17, 15) is 4.79 Å². The van der Waals surface area contributed by atoms with Crippen LogP contribution in [-0.2, 0) is 19.7 Å². The molecule has 0 aromatic carbocycles. The number of likely N-dealkylation sites (tertiary alicyclic amines) is 1. The molecule has 1 fully saturated rings. The molecule has 1 atom stereocenters. The van der Waals surface area contributed by atoms with Gasteiger partial charge in [-0.3, -0.25) is 9.78 Å². The largest absolute Gasteiger partial charge is 0.459 e. The Morgan fingerprint density at radius 3 is 2.67 bits per heavy atom. The fourth-order valence-electron chi connectivity index (χ4n) is 3.89. The number of piperidine rings is 1. The monoisotopic (exact) mass is 330 g/mol. The van der Waals surface area contributed by atoms with Crippen LogP contribution in [0.5, 0.6) is 0 Å². The number of ether oxygens (including phenoxy) is 2. The fraction of sp³-hybridized carbons (Fsp3) is 0.579. The summed E-state index contributed by atoms with van der Waals surface area (Å²) < 4.78 is 11.1. The van der Waals surface area contributed by atoms with Gasteiger partial charge in [0.15, 0.2) is 0 Å². The number of carbonyl (C=O) groups excluding carboxylic acids is 1. The zero-order valence-electron chi connectivity index (χ0n) is 14.5. The van der Waals surface area contributed by atoms with Gasteiger partial charge in [-0.25, -0.2) is 0 Å². The standard InChI is InChI=1S/C19H26N2O3/c1-3-15(4-2)21-14-19(9-8-17(21)22,13-18-23-11-12-24-18)16-7-5-6-10-20-16/h5-7,10-12,15,18H,3-4,8-9,13-14H2,1-2H3. The minimum atomic E-state index is -0.302. The van der Waals surface area contributed by atoms with Crippen molar-refractivity contribution in [1.82, 2.24) is 9.88 Å². The first-order valence-corrected chi connectivity index (χ1v) is 8.85. The molecular formula is C19H26N2O3. The summed E-state index contributed by atoms with van der Waals surface area (Å²) in [6.45, 7) is 4.97. The second-order valence-electron chi connectivity index (χ2n) is 6.67. The molecule has 24 heavy (non-hydrogen) atoms. The summed E-state index contributed by atoms with van der Waals surface area (Å²) in [5.74, 6) is 0.252. The number of hydrogen-bond donors (Lipinski definition) is 0. The Balaban J connectivity index is 1.90. The Hall–Kier alpha value is -2.04. The molecule has 0 spiro atoms. The number of amides is 1. The Morgan fingerprint density at radius 2 is 2.04 bits per heavy atom. The second kappa shape index (κ2) is 7.24. The fourth-order valence-corrected chi connectivity index (χ4v) is 3.89. The van der Waals surface area contributed by atoms with Crippen LogP contribution in [0.3, 0.4) is 0 Å². The Labute approximate surface area is 143 Å². The molecule has 1 aromatic heterocycles. The smallest absolute Gasteiger partial charge is 0.240 e. The number of pyridine rings is 1. The molecule has 0 aliphatic carbocycles. The van der Waals surface area contributed by atoms with Crippen molar-refractivity contribution in [3.05, 3.63) is 42.6 Å². The minimum Gasteiger partial charge on any atom is -0.459 e. The Morgan fingerprint density at radius 1 is 1.29 bits per heavy atom. The molecule has 2 aliphatic rings. The molecule has 3 heterocycles. The van der Waals surface area contributed by atoms with Crippen molar-refractivity contribution in [2.24, 2.45) is 0 Å². The number of nitrogens with zero attached hydrogens (tertiary/aromatic N) is 2. The van der Waals surface area contributed by atoms with Crippen molar-refractivity contribution >= 4 is 5.91 Å². The second-order valence-corrected chi connectivity index (χ2v) is 6.67. The lowest BCUT2D eigenvalue weighted by Crippen LogP contribution is -2.54. The summed E-state index contributed by atoms with van der Waals surface area (Å²) in [6.07, 6.45) is 8.66. The van der Waals surface area contributed by atoms with Gasteiger partial charge in [0.2, 0.25) is 12.2 Å². The number of carbonyl (C=O) groups is 1. The van der Waals surface area contributed by atoms with Crippen LogP contribution in [0.15, 0.2) is 36.9 Å². The molecule has 5 heteroatoms. The van der Waals surface area contributed by atoms with E-state index in [2.05, 4.69) is 29.8 Å². The average Bonchev–Trinajstić information content (AvgIpc) is 3.12. The summed E-state index contributed by atoms with van der Waals surface area (Å²) in [4.78, 5) is 19.2. The van der Waals surface area contributed by atoms with Crippen LogP contribution >= 0.6 is 0 Å². The lowest BCUT2D eigenvalue weighted by atomic mass is 9.73. The lowest BCUT2D eigenvalue weighted by Gasteiger charge is -2.45. The highest BCUT2D eigenvalue weighted by molar-refractivity contribution is 5.78. The van der Waals surface area contributed by atoms with E-state index < -0.39 is 0 Å². The van der Waals surface area contributed by atoms with Gasteiger partial charge in [0.25, 0.3) is 0 Å². The number of aromatic nitrogens is 1. The maximum Gasteiger partial charge on any atom is 0.240 e. The van der Waals surface area contributed by atoms with Gasteiger partial charge < -0.3 is 14.4 Å². The average molecular weight is 330 g/mol. The molecule has 0 saturated carbocycles. The zero-order chi connectivity index (χ0) is 17.0. The van der Waals surface area contributed by atoms with E-state index in [0.29, 0.717) is 19.4 Å². The summed E-state index contributed by atoms with van der Waals surface area (Å²) in [6, 6.07) is 6.28. The molecule has 1 unspecified atom stereocenters. The van der Waals surface area contributed by atoms with Gasteiger partial charge in [-0.05, 0) is 31.4 Å². The highest BCUT2D eigenvalue weighted by atomic mass is 16.7. The van der Waals surface area contributed by atoms with E-state index in [1.54, 1.807) is 12.5 Å². The van der Waals surface area contributed by atoms with Crippen LogP contribution in [0.1, 0.15) is 51.6 Å². The summed E-state index contributed by atoms with van der Waals surface area (Å²) in [7, 11) is 0. The van der Waals surface area contributed by atoms with E-state index in [0.717, 1.165) is 25.0 Å². The molecule has 1 amide bonds. The third kappa shape index (κ3) is 3.25. The molecule has 0 N–H and O–H groups in total. The highest BCUT2D eigenvalue weighted by Gasteiger charge is 2.45. The first-order valence-electron chi connectivity index (χ1n) is 8.85. The summed E-state index contributed by atoms with van der Waals surface area (Å²) in [5, 5.41) is 0. The van der Waals surface area contributed by atoms with Crippen molar-refractivity contribution in [2.45, 2.75) is 63.7 Å². The highest BCUT2D eigenvalue weighted by Crippen LogP contribution is 2.40. The predicted molar refractivity (Wildman–Crippen MR) is 90.9 cm³/mol. The summed E-state index contributed by atoms with van der Waals surface area (Å²) >= 11 is 0. The van der Waals surface area contributed by atoms with E-state index in [-0.39, 0.29) is 23.7 Å². The van der Waals surface area contributed by atoms with Crippen LogP contribution in [0, 0.1) is 0 Å². The molecular weight excluding hydrogens is 304 g/mol. The number of rotatable bonds is 6. The van der Waals surface area contributed by atoms with Crippen molar-refractivity contribution in [1.29, 1.82) is 0 Å². The quantitative estimate of drug-likeness (QED) is 0.802. The van der Waals surface area contributed by atoms with E-state index >= 15 is 0 Å². The maximum absolute atomic E-state index is 12.5. The normalized spacial score (nSPS) is 24.3. The summed E-state index contributed by atoms with van der Waals surface area (Å²) in [5.41, 5.74) is 0.793. The lowest BCUT2D eigenvalue weighted by molar-refractivity contribution is -0.140. The SMILES string of the molecule is CCC(CC)N1CC(CC2OC=CO2)(c2ccccn2)CCC1=O. The van der Waals surface area contributed by atoms with Crippen LogP contribution in [0.25, 0.3) is 0 Å². The van der Waals surface area contributed by atoms with Gasteiger partial charge in [-0.2, -0.15) is 0 Å². The van der Waals surface area contributed by atoms with Crippen LogP contribution in [0.4, 0.5) is 0 Å². The molecule has 1 aromatic rings. The van der Waals surface area contributed by atoms with Crippen molar-refractivity contribution in [3.8, 4) is 0 Å². The zero-order valence-corrected chi connectivity index (χ0v) is 14.5. The van der Waals surface area contributed by atoms with E-state index in [4.69, 9.17) is 9.47 Å². The van der Waals surface area contributed by atoms with Crippen LogP contribution in [0.2, 0.25) is 0 Å². The Bertz CT molecular complexity index is 578. The minimum absolute atomic E-state index is 0.228. The molecule has 1 saturated heterocycles. The third-order valence-corrected chi connectivity index (χ3v) is 5.28. The molecule has 5 nitrogen and oxygen atoms in total. The van der Waals surface area contributed by atoms with Crippen molar-refractivity contribution in [3.63, 3.8) is 0 Å². The van der Waals surface area contributed by atoms with Gasteiger partial charge >= 0.3 is 0 Å². The third-order valence-electron chi connectivity index (χ3n) is 5.28. The Kier molecular flexibility index (Phi) is 5.07. The topological polar surface area (TPSA) is 51.7 Å². The van der Waals surface area contributed by atoms with Gasteiger partial charge in [-0.1, -0.05) is 19.9 Å². The van der Waals surface area contributed by atoms with E-state index in [1.165, 1.54) is 0 Å². The van der Waals surface area contributed by atoms with Gasteiger partial charge in [-0.15, -0.1) is 0 Å². The number of hydrogen-bond acceptors (Lipinski definition) is 4. The van der Waals surface area contributed by atoms with Crippen LogP contribution < -0.4 is 0 Å². The molecule has 0 radical (unpaired) electrons. The van der Waals surface area contributed by atoms with Crippen LogP contribution in [-0.4, -0.2) is 34.7 Å².